The average molecular weight is 315 g/mol. The molecule has 0 spiro atoms. The van der Waals surface area contributed by atoms with E-state index in [9.17, 15) is 4.79 Å². The second-order valence-electron chi connectivity index (χ2n) is 4.98. The van der Waals surface area contributed by atoms with Crippen LogP contribution in [0.5, 0.6) is 5.75 Å². The molecule has 0 saturated heterocycles. The van der Waals surface area contributed by atoms with Crippen molar-refractivity contribution in [3.8, 4) is 5.75 Å². The molecule has 0 saturated carbocycles. The van der Waals surface area contributed by atoms with Crippen LogP contribution in [-0.4, -0.2) is 18.3 Å². The number of nitrogens with one attached hydrogen (secondary N) is 1. The van der Waals surface area contributed by atoms with Crippen LogP contribution < -0.4 is 10.1 Å². The zero-order valence-corrected chi connectivity index (χ0v) is 12.8. The van der Waals surface area contributed by atoms with E-state index < -0.39 is 0 Å². The molecule has 106 valence electrons. The Morgan fingerprint density at radius 1 is 1.24 bits per heavy atom. The summed E-state index contributed by atoms with van der Waals surface area (Å²) < 4.78 is 5.87. The third kappa shape index (κ3) is 2.36. The molecule has 0 fully saturated rings. The number of ether oxygens (including phenoxy) is 1. The number of thioether (sulfide) groups is 1. The third-order valence-electron chi connectivity index (χ3n) is 3.58. The van der Waals surface area contributed by atoms with Crippen molar-refractivity contribution in [1.82, 2.24) is 0 Å². The summed E-state index contributed by atoms with van der Waals surface area (Å²) in [5.41, 5.74) is 3.28. The zero-order valence-electron chi connectivity index (χ0n) is 11.2. The predicted octanol–water partition coefficient (Wildman–Crippen LogP) is 3.95. The molecule has 2 aliphatic rings. The van der Waals surface area contributed by atoms with Crippen LogP contribution in [0.25, 0.3) is 6.08 Å². The molecule has 5 heteroatoms. The minimum atomic E-state index is 0.0693. The molecule has 2 aromatic rings. The van der Waals surface area contributed by atoms with Crippen LogP contribution in [0.1, 0.15) is 15.7 Å². The SMILES string of the molecule is O=C1CS[C@H](C2=Cc3ccccc3OC2)c2sccc2N1. The largest absolute Gasteiger partial charge is 0.489 e. The van der Waals surface area contributed by atoms with E-state index in [2.05, 4.69) is 17.5 Å². The topological polar surface area (TPSA) is 38.3 Å². The summed E-state index contributed by atoms with van der Waals surface area (Å²) in [5, 5.41) is 5.19. The van der Waals surface area contributed by atoms with Gasteiger partial charge in [0.25, 0.3) is 0 Å². The zero-order chi connectivity index (χ0) is 14.2. The summed E-state index contributed by atoms with van der Waals surface area (Å²) in [6.45, 7) is 0.584. The summed E-state index contributed by atoms with van der Waals surface area (Å²) in [7, 11) is 0. The number of carbonyl (C=O) groups excluding carboxylic acids is 1. The molecular weight excluding hydrogens is 302 g/mol. The predicted molar refractivity (Wildman–Crippen MR) is 88.1 cm³/mol. The molecule has 1 amide bonds. The van der Waals surface area contributed by atoms with Gasteiger partial charge >= 0.3 is 0 Å². The van der Waals surface area contributed by atoms with Gasteiger partial charge in [-0.25, -0.2) is 0 Å². The third-order valence-corrected chi connectivity index (χ3v) is 6.01. The Bertz CT molecular complexity index is 735. The Kier molecular flexibility index (Phi) is 3.24. The van der Waals surface area contributed by atoms with Crippen molar-refractivity contribution in [3.05, 3.63) is 51.7 Å². The number of fused-ring (bicyclic) bond motifs is 2. The van der Waals surface area contributed by atoms with Crippen LogP contribution in [0.2, 0.25) is 0 Å². The number of thiophene rings is 1. The fraction of sp³-hybridized carbons (Fsp3) is 0.188. The van der Waals surface area contributed by atoms with E-state index in [0.29, 0.717) is 12.4 Å². The highest BCUT2D eigenvalue weighted by Crippen LogP contribution is 2.46. The fourth-order valence-electron chi connectivity index (χ4n) is 2.61. The molecule has 3 heterocycles. The van der Waals surface area contributed by atoms with E-state index in [1.807, 2.05) is 29.6 Å². The maximum absolute atomic E-state index is 11.8. The number of hydrogen-bond acceptors (Lipinski definition) is 4. The number of para-hydroxylation sites is 1. The lowest BCUT2D eigenvalue weighted by atomic mass is 10.0. The molecule has 1 N–H and O–H groups in total. The second kappa shape index (κ2) is 5.24. The van der Waals surface area contributed by atoms with Crippen molar-refractivity contribution in [1.29, 1.82) is 0 Å². The molecular formula is C16H13NO2S2. The Morgan fingerprint density at radius 3 is 3.10 bits per heavy atom. The lowest BCUT2D eigenvalue weighted by Crippen LogP contribution is -2.12. The monoisotopic (exact) mass is 315 g/mol. The van der Waals surface area contributed by atoms with Crippen molar-refractivity contribution in [2.45, 2.75) is 5.25 Å². The first-order chi connectivity index (χ1) is 10.3. The maximum atomic E-state index is 11.8. The highest BCUT2D eigenvalue weighted by atomic mass is 32.2. The molecule has 0 aliphatic carbocycles. The molecule has 2 aliphatic heterocycles. The van der Waals surface area contributed by atoms with Gasteiger partial charge in [-0.2, -0.15) is 0 Å². The van der Waals surface area contributed by atoms with E-state index in [1.54, 1.807) is 23.1 Å². The molecule has 1 aromatic carbocycles. The lowest BCUT2D eigenvalue weighted by Gasteiger charge is -2.23. The summed E-state index contributed by atoms with van der Waals surface area (Å²) in [6, 6.07) is 10.0. The second-order valence-corrected chi connectivity index (χ2v) is 7.02. The first-order valence-electron chi connectivity index (χ1n) is 6.72. The molecule has 1 atom stereocenters. The Labute approximate surface area is 131 Å². The minimum Gasteiger partial charge on any atom is -0.489 e. The first-order valence-corrected chi connectivity index (χ1v) is 8.65. The molecule has 0 bridgehead atoms. The van der Waals surface area contributed by atoms with E-state index in [1.165, 1.54) is 10.5 Å². The number of amides is 1. The molecule has 21 heavy (non-hydrogen) atoms. The van der Waals surface area contributed by atoms with Gasteiger partial charge in [0, 0.05) is 10.4 Å². The van der Waals surface area contributed by atoms with E-state index in [-0.39, 0.29) is 11.2 Å². The van der Waals surface area contributed by atoms with Crippen molar-refractivity contribution in [3.63, 3.8) is 0 Å². The Hall–Kier alpha value is -1.72. The van der Waals surface area contributed by atoms with Gasteiger partial charge in [0.2, 0.25) is 5.91 Å². The maximum Gasteiger partial charge on any atom is 0.234 e. The number of carbonyl (C=O) groups is 1. The van der Waals surface area contributed by atoms with E-state index in [4.69, 9.17) is 4.74 Å². The number of rotatable bonds is 1. The standard InChI is InChI=1S/C16H13NO2S2/c18-14-9-21-15(16-12(17-14)5-6-20-16)11-7-10-3-1-2-4-13(10)19-8-11/h1-7,15H,8-9H2,(H,17,18)/t15-/m1/s1. The van der Waals surface area contributed by atoms with Crippen LogP contribution in [0.4, 0.5) is 5.69 Å². The molecule has 0 radical (unpaired) electrons. The van der Waals surface area contributed by atoms with Crippen LogP contribution in [0.15, 0.2) is 41.3 Å². The molecule has 0 unspecified atom stereocenters. The van der Waals surface area contributed by atoms with E-state index in [0.717, 1.165) is 17.0 Å². The van der Waals surface area contributed by atoms with Gasteiger partial charge in [0.05, 0.1) is 16.7 Å². The Morgan fingerprint density at radius 2 is 2.14 bits per heavy atom. The molecule has 4 rings (SSSR count). The average Bonchev–Trinajstić information content (AvgIpc) is 2.89. The van der Waals surface area contributed by atoms with Gasteiger partial charge < -0.3 is 10.1 Å². The van der Waals surface area contributed by atoms with Gasteiger partial charge in [-0.1, -0.05) is 18.2 Å². The summed E-state index contributed by atoms with van der Waals surface area (Å²) in [4.78, 5) is 13.0. The van der Waals surface area contributed by atoms with Gasteiger partial charge in [-0.05, 0) is 29.2 Å². The number of anilines is 1. The fourth-order valence-corrected chi connectivity index (χ4v) is 4.87. The minimum absolute atomic E-state index is 0.0693. The summed E-state index contributed by atoms with van der Waals surface area (Å²) in [5.74, 6) is 1.48. The van der Waals surface area contributed by atoms with Crippen molar-refractivity contribution in [2.75, 3.05) is 17.7 Å². The lowest BCUT2D eigenvalue weighted by molar-refractivity contribution is -0.113. The summed E-state index contributed by atoms with van der Waals surface area (Å²) >= 11 is 3.36. The quantitative estimate of drug-likeness (QED) is 0.866. The van der Waals surface area contributed by atoms with Crippen molar-refractivity contribution >= 4 is 40.8 Å². The van der Waals surface area contributed by atoms with Crippen molar-refractivity contribution in [2.24, 2.45) is 0 Å². The van der Waals surface area contributed by atoms with Crippen LogP contribution >= 0.6 is 23.1 Å². The van der Waals surface area contributed by atoms with Crippen LogP contribution in [0, 0.1) is 0 Å². The molecule has 3 nitrogen and oxygen atoms in total. The van der Waals surface area contributed by atoms with Gasteiger partial charge in [-0.3, -0.25) is 4.79 Å². The summed E-state index contributed by atoms with van der Waals surface area (Å²) in [6.07, 6.45) is 2.20. The van der Waals surface area contributed by atoms with Crippen LogP contribution in [0.3, 0.4) is 0 Å². The number of hydrogen-bond donors (Lipinski definition) is 1. The highest BCUT2D eigenvalue weighted by Gasteiger charge is 2.28. The Balaban J connectivity index is 1.75. The van der Waals surface area contributed by atoms with Crippen LogP contribution in [-0.2, 0) is 4.79 Å². The number of benzene rings is 1. The normalized spacial score (nSPS) is 20.5. The van der Waals surface area contributed by atoms with E-state index >= 15 is 0 Å². The van der Waals surface area contributed by atoms with Crippen molar-refractivity contribution < 1.29 is 9.53 Å². The molecule has 1 aromatic heterocycles. The van der Waals surface area contributed by atoms with Gasteiger partial charge in [0.15, 0.2) is 0 Å². The van der Waals surface area contributed by atoms with Gasteiger partial charge in [0.1, 0.15) is 12.4 Å². The smallest absolute Gasteiger partial charge is 0.234 e. The first kappa shape index (κ1) is 13.0. The highest BCUT2D eigenvalue weighted by molar-refractivity contribution is 8.00. The van der Waals surface area contributed by atoms with Gasteiger partial charge in [-0.15, -0.1) is 23.1 Å².